The number of nitrogens with one attached hydrogen (secondary N) is 1. The van der Waals surface area contributed by atoms with Crippen molar-refractivity contribution in [2.75, 3.05) is 13.1 Å². The minimum absolute atomic E-state index is 0.0226. The Kier molecular flexibility index (Phi) is 5.03. The van der Waals surface area contributed by atoms with E-state index in [0.717, 1.165) is 36.1 Å². The maximum atomic E-state index is 12.4. The average molecular weight is 384 g/mol. The van der Waals surface area contributed by atoms with Crippen LogP contribution in [0.15, 0.2) is 59.8 Å². The molecule has 27 heavy (non-hydrogen) atoms. The number of rotatable bonds is 3. The Labute approximate surface area is 163 Å². The molecule has 0 unspecified atom stereocenters. The number of nitrogens with zero attached hydrogens (tertiary/aromatic N) is 2. The lowest BCUT2D eigenvalue weighted by Crippen LogP contribution is -2.49. The Bertz CT molecular complexity index is 828. The molecule has 4 rings (SSSR count). The van der Waals surface area contributed by atoms with Crippen LogP contribution >= 0.6 is 11.6 Å². The first-order chi connectivity index (χ1) is 13.1. The molecule has 0 atom stereocenters. The van der Waals surface area contributed by atoms with Crippen molar-refractivity contribution in [1.82, 2.24) is 10.2 Å². The fourth-order valence-electron chi connectivity index (χ4n) is 3.59. The van der Waals surface area contributed by atoms with Crippen molar-refractivity contribution in [2.24, 2.45) is 5.16 Å². The summed E-state index contributed by atoms with van der Waals surface area (Å²) in [5.41, 5.74) is 2.80. The number of likely N-dealkylation sites (tertiary alicyclic amines) is 1. The van der Waals surface area contributed by atoms with Crippen LogP contribution in [0.5, 0.6) is 0 Å². The van der Waals surface area contributed by atoms with Crippen LogP contribution in [0.1, 0.15) is 30.4 Å². The number of hydrogen-bond acceptors (Lipinski definition) is 3. The van der Waals surface area contributed by atoms with Gasteiger partial charge in [-0.2, -0.15) is 0 Å². The summed E-state index contributed by atoms with van der Waals surface area (Å²) < 4.78 is 0. The van der Waals surface area contributed by atoms with Gasteiger partial charge in [-0.15, -0.1) is 0 Å². The van der Waals surface area contributed by atoms with Gasteiger partial charge in [0.05, 0.1) is 5.71 Å². The highest BCUT2D eigenvalue weighted by Crippen LogP contribution is 2.36. The van der Waals surface area contributed by atoms with E-state index in [1.165, 1.54) is 0 Å². The Balaban J connectivity index is 1.29. The van der Waals surface area contributed by atoms with E-state index in [4.69, 9.17) is 16.4 Å². The molecule has 2 amide bonds. The molecule has 1 fully saturated rings. The van der Waals surface area contributed by atoms with Crippen LogP contribution in [0, 0.1) is 0 Å². The lowest BCUT2D eigenvalue weighted by Gasteiger charge is -2.37. The third-order valence-corrected chi connectivity index (χ3v) is 5.52. The van der Waals surface area contributed by atoms with Gasteiger partial charge in [-0.25, -0.2) is 4.79 Å². The summed E-state index contributed by atoms with van der Waals surface area (Å²) in [6, 6.07) is 17.6. The van der Waals surface area contributed by atoms with Crippen molar-refractivity contribution in [1.29, 1.82) is 0 Å². The van der Waals surface area contributed by atoms with E-state index < -0.39 is 0 Å². The van der Waals surface area contributed by atoms with E-state index >= 15 is 0 Å². The Morgan fingerprint density at radius 3 is 2.52 bits per heavy atom. The van der Waals surface area contributed by atoms with Crippen molar-refractivity contribution in [3.05, 3.63) is 70.7 Å². The van der Waals surface area contributed by atoms with E-state index in [0.29, 0.717) is 24.7 Å². The first kappa shape index (κ1) is 17.9. The number of hydrogen-bond donors (Lipinski definition) is 1. The summed E-state index contributed by atoms with van der Waals surface area (Å²) in [7, 11) is 0. The van der Waals surface area contributed by atoms with Gasteiger partial charge >= 0.3 is 6.03 Å². The second-order valence-corrected chi connectivity index (χ2v) is 7.56. The molecule has 0 saturated carbocycles. The maximum Gasteiger partial charge on any atom is 0.317 e. The molecule has 0 aliphatic carbocycles. The molecule has 1 N–H and O–H groups in total. The lowest BCUT2D eigenvalue weighted by molar-refractivity contribution is -0.0550. The predicted molar refractivity (Wildman–Crippen MR) is 106 cm³/mol. The van der Waals surface area contributed by atoms with Crippen LogP contribution in [0.25, 0.3) is 0 Å². The zero-order valence-corrected chi connectivity index (χ0v) is 15.8. The summed E-state index contributed by atoms with van der Waals surface area (Å²) in [5.74, 6) is 0. The second-order valence-electron chi connectivity index (χ2n) is 7.13. The molecule has 1 saturated heterocycles. The first-order valence-corrected chi connectivity index (χ1v) is 9.59. The summed E-state index contributed by atoms with van der Waals surface area (Å²) in [4.78, 5) is 20.1. The van der Waals surface area contributed by atoms with Crippen LogP contribution in [0.2, 0.25) is 5.02 Å². The van der Waals surface area contributed by atoms with Crippen molar-refractivity contribution in [3.63, 3.8) is 0 Å². The van der Waals surface area contributed by atoms with Gasteiger partial charge in [0.1, 0.15) is 5.60 Å². The summed E-state index contributed by atoms with van der Waals surface area (Å²) in [6.07, 6.45) is 2.34. The van der Waals surface area contributed by atoms with Crippen LogP contribution in [0.4, 0.5) is 4.79 Å². The highest BCUT2D eigenvalue weighted by atomic mass is 35.5. The predicted octanol–water partition coefficient (Wildman–Crippen LogP) is 4.21. The monoisotopic (exact) mass is 383 g/mol. The topological polar surface area (TPSA) is 53.9 Å². The summed E-state index contributed by atoms with van der Waals surface area (Å²) in [6.45, 7) is 1.88. The number of urea groups is 1. The standard InChI is InChI=1S/C21H22ClN3O2/c22-18-8-6-17(7-9-18)19-14-21(27-24-19)10-12-25(13-11-21)20(26)23-15-16-4-2-1-3-5-16/h1-9H,10-15H2,(H,23,26). The van der Waals surface area contributed by atoms with Crippen LogP contribution in [-0.2, 0) is 11.4 Å². The lowest BCUT2D eigenvalue weighted by atomic mass is 9.85. The molecule has 2 heterocycles. The fraction of sp³-hybridized carbons (Fsp3) is 0.333. The summed E-state index contributed by atoms with van der Waals surface area (Å²) in [5, 5.41) is 8.02. The molecule has 0 bridgehead atoms. The number of carbonyl (C=O) groups is 1. The zero-order chi connectivity index (χ0) is 18.7. The first-order valence-electron chi connectivity index (χ1n) is 9.21. The summed E-state index contributed by atoms with van der Waals surface area (Å²) >= 11 is 5.96. The molecule has 2 aliphatic rings. The van der Waals surface area contributed by atoms with Crippen molar-refractivity contribution in [2.45, 2.75) is 31.4 Å². The van der Waals surface area contributed by atoms with E-state index in [9.17, 15) is 4.79 Å². The molecule has 2 aliphatic heterocycles. The third kappa shape index (κ3) is 4.08. The average Bonchev–Trinajstić information content (AvgIpc) is 3.11. The molecule has 0 radical (unpaired) electrons. The molecule has 0 aromatic heterocycles. The number of carbonyl (C=O) groups excluding carboxylic acids is 1. The molecular formula is C21H22ClN3O2. The number of oxime groups is 1. The van der Waals surface area contributed by atoms with Gasteiger partial charge < -0.3 is 15.1 Å². The van der Waals surface area contributed by atoms with Crippen molar-refractivity contribution < 1.29 is 9.63 Å². The van der Waals surface area contributed by atoms with Gasteiger partial charge in [0.25, 0.3) is 0 Å². The molecule has 1 spiro atoms. The van der Waals surface area contributed by atoms with Gasteiger partial charge in [0.2, 0.25) is 0 Å². The Hall–Kier alpha value is -2.53. The van der Waals surface area contributed by atoms with E-state index in [-0.39, 0.29) is 11.6 Å². The van der Waals surface area contributed by atoms with Crippen LogP contribution in [-0.4, -0.2) is 35.3 Å². The van der Waals surface area contributed by atoms with E-state index in [1.807, 2.05) is 59.5 Å². The third-order valence-electron chi connectivity index (χ3n) is 5.26. The molecule has 2 aromatic carbocycles. The largest absolute Gasteiger partial charge is 0.388 e. The minimum Gasteiger partial charge on any atom is -0.388 e. The van der Waals surface area contributed by atoms with Crippen molar-refractivity contribution >= 4 is 23.3 Å². The normalized spacial score (nSPS) is 18.1. The quantitative estimate of drug-likeness (QED) is 0.863. The van der Waals surface area contributed by atoms with Crippen LogP contribution < -0.4 is 5.32 Å². The molecular weight excluding hydrogens is 362 g/mol. The minimum atomic E-state index is -0.287. The highest BCUT2D eigenvalue weighted by molar-refractivity contribution is 6.30. The second kappa shape index (κ2) is 7.61. The zero-order valence-electron chi connectivity index (χ0n) is 15.0. The maximum absolute atomic E-state index is 12.4. The van der Waals surface area contributed by atoms with Gasteiger partial charge in [-0.05, 0) is 23.3 Å². The smallest absolute Gasteiger partial charge is 0.317 e. The molecule has 140 valence electrons. The van der Waals surface area contributed by atoms with E-state index in [1.54, 1.807) is 0 Å². The fourth-order valence-corrected chi connectivity index (χ4v) is 3.72. The van der Waals surface area contributed by atoms with Gasteiger partial charge in [0, 0.05) is 43.9 Å². The molecule has 5 nitrogen and oxygen atoms in total. The van der Waals surface area contributed by atoms with E-state index in [2.05, 4.69) is 10.5 Å². The highest BCUT2D eigenvalue weighted by Gasteiger charge is 2.43. The molecule has 2 aromatic rings. The number of piperidine rings is 1. The Morgan fingerprint density at radius 2 is 1.81 bits per heavy atom. The van der Waals surface area contributed by atoms with Gasteiger partial charge in [0.15, 0.2) is 0 Å². The SMILES string of the molecule is O=C(NCc1ccccc1)N1CCC2(CC1)CC(c1ccc(Cl)cc1)=NO2. The number of benzene rings is 2. The van der Waals surface area contributed by atoms with Gasteiger partial charge in [-0.3, -0.25) is 0 Å². The number of halogens is 1. The van der Waals surface area contributed by atoms with Gasteiger partial charge in [-0.1, -0.05) is 59.2 Å². The number of amides is 2. The van der Waals surface area contributed by atoms with Crippen LogP contribution in [0.3, 0.4) is 0 Å². The molecule has 6 heteroatoms. The van der Waals surface area contributed by atoms with Crippen molar-refractivity contribution in [3.8, 4) is 0 Å². The Morgan fingerprint density at radius 1 is 1.11 bits per heavy atom.